The van der Waals surface area contributed by atoms with Crippen LogP contribution in [0, 0.1) is 6.92 Å². The lowest BCUT2D eigenvalue weighted by atomic mass is 10.1. The molecule has 0 aliphatic rings. The molecule has 0 bridgehead atoms. The Bertz CT molecular complexity index is 728. The third-order valence-electron chi connectivity index (χ3n) is 3.04. The van der Waals surface area contributed by atoms with Crippen molar-refractivity contribution in [2.75, 3.05) is 0 Å². The molecule has 0 saturated carbocycles. The molecule has 1 aromatic carbocycles. The lowest BCUT2D eigenvalue weighted by molar-refractivity contribution is 0.928. The molecule has 3 rings (SSSR count). The number of benzene rings is 1. The minimum atomic E-state index is 0.749. The molecule has 0 unspecified atom stereocenters. The fourth-order valence-corrected chi connectivity index (χ4v) is 2.36. The van der Waals surface area contributed by atoms with Crippen molar-refractivity contribution in [2.45, 2.75) is 6.92 Å². The number of rotatable bonds is 1. The summed E-state index contributed by atoms with van der Waals surface area (Å²) < 4.78 is 2.01. The van der Waals surface area contributed by atoms with Crippen molar-refractivity contribution in [2.24, 2.45) is 7.05 Å². The van der Waals surface area contributed by atoms with Gasteiger partial charge in [0.1, 0.15) is 0 Å². The van der Waals surface area contributed by atoms with Crippen LogP contribution in [0.3, 0.4) is 0 Å². The van der Waals surface area contributed by atoms with E-state index in [1.165, 1.54) is 5.56 Å². The molecule has 0 fully saturated rings. The van der Waals surface area contributed by atoms with Crippen molar-refractivity contribution in [3.63, 3.8) is 0 Å². The second kappa shape index (κ2) is 4.14. The van der Waals surface area contributed by atoms with Gasteiger partial charge in [-0.05, 0) is 30.7 Å². The molecule has 18 heavy (non-hydrogen) atoms. The van der Waals surface area contributed by atoms with E-state index >= 15 is 0 Å². The summed E-state index contributed by atoms with van der Waals surface area (Å²) in [4.78, 5) is 4.68. The van der Waals surface area contributed by atoms with Crippen molar-refractivity contribution < 1.29 is 0 Å². The summed E-state index contributed by atoms with van der Waals surface area (Å²) in [6.45, 7) is 2.06. The molecular weight excluding hydrogens is 244 g/mol. The summed E-state index contributed by atoms with van der Waals surface area (Å²) in [6.07, 6.45) is 4.05. The van der Waals surface area contributed by atoms with Gasteiger partial charge in [0.05, 0.1) is 16.2 Å². The van der Waals surface area contributed by atoms with Gasteiger partial charge in [0, 0.05) is 30.4 Å². The van der Waals surface area contributed by atoms with Crippen molar-refractivity contribution in [1.82, 2.24) is 9.55 Å². The number of hydrogen-bond acceptors (Lipinski definition) is 1. The van der Waals surface area contributed by atoms with Crippen LogP contribution in [-0.2, 0) is 7.05 Å². The third kappa shape index (κ3) is 1.89. The number of aromatic nitrogens is 2. The first-order valence-corrected chi connectivity index (χ1v) is 6.20. The first kappa shape index (κ1) is 11.3. The van der Waals surface area contributed by atoms with Gasteiger partial charge in [-0.1, -0.05) is 23.7 Å². The zero-order chi connectivity index (χ0) is 12.7. The second-order valence-corrected chi connectivity index (χ2v) is 4.98. The Kier molecular flexibility index (Phi) is 2.60. The van der Waals surface area contributed by atoms with Gasteiger partial charge < -0.3 is 4.57 Å². The van der Waals surface area contributed by atoms with Gasteiger partial charge in [0.25, 0.3) is 0 Å². The van der Waals surface area contributed by atoms with Gasteiger partial charge >= 0.3 is 0 Å². The topological polar surface area (TPSA) is 17.8 Å². The quantitative estimate of drug-likeness (QED) is 0.638. The normalized spacial score (nSPS) is 11.1. The van der Waals surface area contributed by atoms with Gasteiger partial charge in [-0.2, -0.15) is 0 Å². The monoisotopic (exact) mass is 256 g/mol. The van der Waals surface area contributed by atoms with Gasteiger partial charge in [0.2, 0.25) is 0 Å². The second-order valence-electron chi connectivity index (χ2n) is 4.58. The molecule has 0 atom stereocenters. The average Bonchev–Trinajstić information content (AvgIpc) is 2.75. The summed E-state index contributed by atoms with van der Waals surface area (Å²) in [5.74, 6) is 0. The Balaban J connectivity index is 2.26. The lowest BCUT2D eigenvalue weighted by Crippen LogP contribution is -1.87. The standard InChI is InChI=1S/C15H13ClN2/c1-10-3-4-12-13(16)8-14(17-15(12)7-10)11-5-6-18(2)9-11/h3-9H,1-2H3. The highest BCUT2D eigenvalue weighted by Gasteiger charge is 2.07. The van der Waals surface area contributed by atoms with Crippen molar-refractivity contribution in [1.29, 1.82) is 0 Å². The Morgan fingerprint density at radius 1 is 1.17 bits per heavy atom. The highest BCUT2D eigenvalue weighted by Crippen LogP contribution is 2.28. The van der Waals surface area contributed by atoms with Crippen LogP contribution in [0.25, 0.3) is 22.2 Å². The molecule has 0 spiro atoms. The molecule has 0 saturated heterocycles. The van der Waals surface area contributed by atoms with E-state index in [2.05, 4.69) is 24.0 Å². The van der Waals surface area contributed by atoms with E-state index in [4.69, 9.17) is 11.6 Å². The van der Waals surface area contributed by atoms with E-state index in [1.54, 1.807) is 0 Å². The highest BCUT2D eigenvalue weighted by molar-refractivity contribution is 6.35. The van der Waals surface area contributed by atoms with Crippen LogP contribution in [0.5, 0.6) is 0 Å². The van der Waals surface area contributed by atoms with E-state index in [9.17, 15) is 0 Å². The fraction of sp³-hybridized carbons (Fsp3) is 0.133. The number of nitrogens with zero attached hydrogens (tertiary/aromatic N) is 2. The molecule has 0 aliphatic heterocycles. The van der Waals surface area contributed by atoms with Gasteiger partial charge in [-0.3, -0.25) is 0 Å². The van der Waals surface area contributed by atoms with Crippen LogP contribution >= 0.6 is 11.6 Å². The zero-order valence-electron chi connectivity index (χ0n) is 10.3. The minimum Gasteiger partial charge on any atom is -0.357 e. The Morgan fingerprint density at radius 3 is 2.72 bits per heavy atom. The first-order valence-electron chi connectivity index (χ1n) is 5.83. The molecular formula is C15H13ClN2. The summed E-state index contributed by atoms with van der Waals surface area (Å²) >= 11 is 6.32. The Hall–Kier alpha value is -1.80. The molecule has 2 aromatic heterocycles. The van der Waals surface area contributed by atoms with Crippen LogP contribution in [-0.4, -0.2) is 9.55 Å². The Labute approximate surface area is 111 Å². The van der Waals surface area contributed by atoms with E-state index in [1.807, 2.05) is 42.2 Å². The summed E-state index contributed by atoms with van der Waals surface area (Å²) in [5.41, 5.74) is 4.14. The van der Waals surface area contributed by atoms with E-state index in [0.29, 0.717) is 0 Å². The summed E-state index contributed by atoms with van der Waals surface area (Å²) in [7, 11) is 2.00. The molecule has 3 aromatic rings. The summed E-state index contributed by atoms with van der Waals surface area (Å²) in [5, 5.41) is 1.75. The largest absolute Gasteiger partial charge is 0.357 e. The molecule has 90 valence electrons. The SMILES string of the molecule is Cc1ccc2c(Cl)cc(-c3ccn(C)c3)nc2c1. The minimum absolute atomic E-state index is 0.749. The van der Waals surface area contributed by atoms with Crippen molar-refractivity contribution in [3.8, 4) is 11.3 Å². The maximum absolute atomic E-state index is 6.32. The molecule has 0 radical (unpaired) electrons. The molecule has 3 heteroatoms. The van der Waals surface area contributed by atoms with Crippen LogP contribution in [0.1, 0.15) is 5.56 Å². The molecule has 0 amide bonds. The van der Waals surface area contributed by atoms with E-state index in [0.717, 1.165) is 27.2 Å². The van der Waals surface area contributed by atoms with Crippen molar-refractivity contribution >= 4 is 22.5 Å². The van der Waals surface area contributed by atoms with E-state index < -0.39 is 0 Å². The number of halogens is 1. The highest BCUT2D eigenvalue weighted by atomic mass is 35.5. The number of fused-ring (bicyclic) bond motifs is 1. The predicted molar refractivity (Wildman–Crippen MR) is 75.9 cm³/mol. The number of aryl methyl sites for hydroxylation is 2. The molecule has 0 N–H and O–H groups in total. The number of pyridine rings is 1. The number of hydrogen-bond donors (Lipinski definition) is 0. The van der Waals surface area contributed by atoms with Crippen molar-refractivity contribution in [3.05, 3.63) is 53.3 Å². The van der Waals surface area contributed by atoms with Crippen LogP contribution in [0.2, 0.25) is 5.02 Å². The maximum Gasteiger partial charge on any atom is 0.0739 e. The average molecular weight is 257 g/mol. The van der Waals surface area contributed by atoms with Crippen LogP contribution in [0.15, 0.2) is 42.7 Å². The predicted octanol–water partition coefficient (Wildman–Crippen LogP) is 4.20. The Morgan fingerprint density at radius 2 is 2.00 bits per heavy atom. The molecule has 0 aliphatic carbocycles. The van der Waals surface area contributed by atoms with E-state index in [-0.39, 0.29) is 0 Å². The van der Waals surface area contributed by atoms with Crippen LogP contribution in [0.4, 0.5) is 0 Å². The fourth-order valence-electron chi connectivity index (χ4n) is 2.10. The summed E-state index contributed by atoms with van der Waals surface area (Å²) in [6, 6.07) is 10.1. The lowest BCUT2D eigenvalue weighted by Gasteiger charge is -2.05. The smallest absolute Gasteiger partial charge is 0.0739 e. The third-order valence-corrected chi connectivity index (χ3v) is 3.36. The maximum atomic E-state index is 6.32. The van der Waals surface area contributed by atoms with Gasteiger partial charge in [0.15, 0.2) is 0 Å². The molecule has 2 nitrogen and oxygen atoms in total. The molecule has 2 heterocycles. The van der Waals surface area contributed by atoms with Crippen LogP contribution < -0.4 is 0 Å². The van der Waals surface area contributed by atoms with Gasteiger partial charge in [-0.15, -0.1) is 0 Å². The first-order chi connectivity index (χ1) is 8.63. The van der Waals surface area contributed by atoms with Gasteiger partial charge in [-0.25, -0.2) is 4.98 Å². The zero-order valence-corrected chi connectivity index (χ0v) is 11.1.